The third kappa shape index (κ3) is 2.46. The van der Waals surface area contributed by atoms with Crippen molar-refractivity contribution >= 4 is 17.6 Å². The highest BCUT2D eigenvalue weighted by molar-refractivity contribution is 6.00. The molecular weight excluding hydrogens is 338 g/mol. The fourth-order valence-corrected chi connectivity index (χ4v) is 3.64. The number of anilines is 1. The molecule has 0 fully saturated rings. The summed E-state index contributed by atoms with van der Waals surface area (Å²) in [5.74, 6) is -1.78. The Morgan fingerprint density at radius 3 is 2.46 bits per heavy atom. The topological polar surface area (TPSA) is 135 Å². The monoisotopic (exact) mass is 352 g/mol. The first-order chi connectivity index (χ1) is 12.5. The number of benzene rings is 1. The highest BCUT2D eigenvalue weighted by Gasteiger charge is 2.37. The number of ketones is 1. The second-order valence-corrected chi connectivity index (χ2v) is 6.33. The Bertz CT molecular complexity index is 1080. The van der Waals surface area contributed by atoms with Gasteiger partial charge in [-0.25, -0.2) is 4.79 Å². The van der Waals surface area contributed by atoms with Gasteiger partial charge in [0.2, 0.25) is 0 Å². The smallest absolute Gasteiger partial charge is 0.327 e. The molecular formula is C18H14N3O5-. The van der Waals surface area contributed by atoms with Gasteiger partial charge in [0.25, 0.3) is 5.56 Å². The number of hydrogen-bond donors (Lipinski definition) is 3. The number of rotatable bonds is 2. The molecule has 0 unspecified atom stereocenters. The summed E-state index contributed by atoms with van der Waals surface area (Å²) in [6.07, 6.45) is 1.69. The zero-order chi connectivity index (χ0) is 18.4. The average molecular weight is 352 g/mol. The van der Waals surface area contributed by atoms with Crippen molar-refractivity contribution in [3.8, 4) is 0 Å². The number of aromatic nitrogens is 2. The van der Waals surface area contributed by atoms with E-state index in [4.69, 9.17) is 0 Å². The molecule has 1 aliphatic heterocycles. The summed E-state index contributed by atoms with van der Waals surface area (Å²) in [5, 5.41) is 14.0. The summed E-state index contributed by atoms with van der Waals surface area (Å²) >= 11 is 0. The number of allylic oxidation sites excluding steroid dienone is 2. The average Bonchev–Trinajstić information content (AvgIpc) is 2.60. The Labute approximate surface area is 146 Å². The van der Waals surface area contributed by atoms with Gasteiger partial charge in [-0.1, -0.05) is 24.3 Å². The SMILES string of the molecule is O=C1CCCC2=C1[C@H](c1ccc(C(=O)[O-])cc1)c1c([nH]c(=O)[nH]c1=O)N2. The van der Waals surface area contributed by atoms with Crippen LogP contribution in [0.1, 0.15) is 46.7 Å². The predicted octanol–water partition coefficient (Wildman–Crippen LogP) is -0.00880. The van der Waals surface area contributed by atoms with Crippen molar-refractivity contribution in [1.29, 1.82) is 0 Å². The standard InChI is InChI=1S/C18H15N3O5/c22-11-3-1-2-10-13(11)12(8-4-6-9(7-5-8)17(24)25)14-15(19-10)20-18(26)21-16(14)23/h4-7,12H,1-3H2,(H,24,25)(H3,19,20,21,23,26)/p-1/t12-/m0/s1. The van der Waals surface area contributed by atoms with E-state index in [0.717, 1.165) is 0 Å². The van der Waals surface area contributed by atoms with Crippen molar-refractivity contribution in [3.05, 3.63) is 73.1 Å². The number of carboxylic acids is 1. The number of carbonyl (C=O) groups excluding carboxylic acids is 2. The lowest BCUT2D eigenvalue weighted by atomic mass is 9.76. The lowest BCUT2D eigenvalue weighted by Gasteiger charge is -2.32. The van der Waals surface area contributed by atoms with Crippen LogP contribution in [-0.4, -0.2) is 21.7 Å². The molecule has 1 atom stereocenters. The quantitative estimate of drug-likeness (QED) is 0.696. The van der Waals surface area contributed by atoms with Crippen LogP contribution >= 0.6 is 0 Å². The minimum atomic E-state index is -1.31. The van der Waals surface area contributed by atoms with Crippen molar-refractivity contribution in [3.63, 3.8) is 0 Å². The van der Waals surface area contributed by atoms with Crippen LogP contribution in [0, 0.1) is 0 Å². The van der Waals surface area contributed by atoms with Crippen molar-refractivity contribution in [1.82, 2.24) is 9.97 Å². The summed E-state index contributed by atoms with van der Waals surface area (Å²) < 4.78 is 0. The Morgan fingerprint density at radius 1 is 1.04 bits per heavy atom. The molecule has 1 aromatic carbocycles. The molecule has 0 radical (unpaired) electrons. The van der Waals surface area contributed by atoms with Crippen LogP contribution < -0.4 is 21.7 Å². The summed E-state index contributed by atoms with van der Waals surface area (Å²) in [6, 6.07) is 5.86. The van der Waals surface area contributed by atoms with Gasteiger partial charge in [-0.05, 0) is 24.0 Å². The molecule has 2 aromatic rings. The highest BCUT2D eigenvalue weighted by atomic mass is 16.4. The molecule has 1 aliphatic carbocycles. The fourth-order valence-electron chi connectivity index (χ4n) is 3.64. The normalized spacial score (nSPS) is 18.8. The molecule has 4 rings (SSSR count). The molecule has 0 saturated heterocycles. The van der Waals surface area contributed by atoms with Crippen LogP contribution in [0.25, 0.3) is 0 Å². The van der Waals surface area contributed by atoms with Gasteiger partial charge in [-0.2, -0.15) is 0 Å². The second-order valence-electron chi connectivity index (χ2n) is 6.33. The summed E-state index contributed by atoms with van der Waals surface area (Å²) in [6.45, 7) is 0. The molecule has 132 valence electrons. The van der Waals surface area contributed by atoms with Crippen LogP contribution in [0.3, 0.4) is 0 Å². The number of hydrogen-bond acceptors (Lipinski definition) is 6. The van der Waals surface area contributed by atoms with E-state index in [0.29, 0.717) is 36.1 Å². The second kappa shape index (κ2) is 5.83. The maximum atomic E-state index is 12.6. The predicted molar refractivity (Wildman–Crippen MR) is 89.8 cm³/mol. The lowest BCUT2D eigenvalue weighted by molar-refractivity contribution is -0.255. The largest absolute Gasteiger partial charge is 0.545 e. The number of Topliss-reactive ketones (excluding diaryl/α,β-unsaturated/α-hetero) is 1. The van der Waals surface area contributed by atoms with E-state index in [1.807, 2.05) is 0 Å². The number of carboxylic acid groups (broad SMARTS) is 1. The van der Waals surface area contributed by atoms with E-state index >= 15 is 0 Å². The maximum Gasteiger partial charge on any atom is 0.327 e. The summed E-state index contributed by atoms with van der Waals surface area (Å²) in [4.78, 5) is 52.5. The molecule has 2 heterocycles. The van der Waals surface area contributed by atoms with Crippen molar-refractivity contribution in [2.75, 3.05) is 5.32 Å². The van der Waals surface area contributed by atoms with Gasteiger partial charge in [0.1, 0.15) is 5.82 Å². The van der Waals surface area contributed by atoms with Gasteiger partial charge in [0.15, 0.2) is 5.78 Å². The number of H-pyrrole nitrogens is 2. The zero-order valence-electron chi connectivity index (χ0n) is 13.5. The van der Waals surface area contributed by atoms with E-state index in [1.165, 1.54) is 12.1 Å². The molecule has 3 N–H and O–H groups in total. The van der Waals surface area contributed by atoms with Crippen molar-refractivity contribution in [2.24, 2.45) is 0 Å². The van der Waals surface area contributed by atoms with Gasteiger partial charge >= 0.3 is 5.69 Å². The molecule has 0 spiro atoms. The maximum absolute atomic E-state index is 12.6. The van der Waals surface area contributed by atoms with Crippen LogP contribution in [0.4, 0.5) is 5.82 Å². The Kier molecular flexibility index (Phi) is 3.61. The first kappa shape index (κ1) is 16.1. The number of aromatic amines is 2. The molecule has 0 saturated carbocycles. The zero-order valence-corrected chi connectivity index (χ0v) is 13.5. The Hall–Kier alpha value is -3.42. The number of fused-ring (bicyclic) bond motifs is 1. The Morgan fingerprint density at radius 2 is 1.77 bits per heavy atom. The third-order valence-electron chi connectivity index (χ3n) is 4.77. The molecule has 0 bridgehead atoms. The summed E-state index contributed by atoms with van der Waals surface area (Å²) in [7, 11) is 0. The van der Waals surface area contributed by atoms with Crippen LogP contribution in [0.5, 0.6) is 0 Å². The van der Waals surface area contributed by atoms with Gasteiger partial charge in [0, 0.05) is 23.6 Å². The summed E-state index contributed by atoms with van der Waals surface area (Å²) in [5.41, 5.74) is 0.778. The first-order valence-corrected chi connectivity index (χ1v) is 8.17. The molecule has 0 amide bonds. The molecule has 1 aromatic heterocycles. The fraction of sp³-hybridized carbons (Fsp3) is 0.222. The van der Waals surface area contributed by atoms with Gasteiger partial charge in [-0.15, -0.1) is 0 Å². The van der Waals surface area contributed by atoms with E-state index in [9.17, 15) is 24.3 Å². The minimum Gasteiger partial charge on any atom is -0.545 e. The van der Waals surface area contributed by atoms with Crippen LogP contribution in [0.2, 0.25) is 0 Å². The van der Waals surface area contributed by atoms with Crippen molar-refractivity contribution in [2.45, 2.75) is 25.2 Å². The van der Waals surface area contributed by atoms with Gasteiger partial charge in [-0.3, -0.25) is 19.6 Å². The van der Waals surface area contributed by atoms with E-state index in [2.05, 4.69) is 15.3 Å². The van der Waals surface area contributed by atoms with E-state index in [1.54, 1.807) is 12.1 Å². The molecule has 8 nitrogen and oxygen atoms in total. The molecule has 8 heteroatoms. The van der Waals surface area contributed by atoms with Crippen LogP contribution in [0.15, 0.2) is 45.1 Å². The number of aromatic carboxylic acids is 1. The number of carbonyl (C=O) groups is 2. The third-order valence-corrected chi connectivity index (χ3v) is 4.77. The highest BCUT2D eigenvalue weighted by Crippen LogP contribution is 2.42. The van der Waals surface area contributed by atoms with Gasteiger partial charge in [0.05, 0.1) is 11.5 Å². The Balaban J connectivity index is 1.96. The minimum absolute atomic E-state index is 0.00228. The number of nitrogens with one attached hydrogen (secondary N) is 3. The van der Waals surface area contributed by atoms with E-state index in [-0.39, 0.29) is 22.7 Å². The van der Waals surface area contributed by atoms with Crippen LogP contribution in [-0.2, 0) is 4.79 Å². The molecule has 2 aliphatic rings. The van der Waals surface area contributed by atoms with E-state index < -0.39 is 23.1 Å². The van der Waals surface area contributed by atoms with Gasteiger partial charge < -0.3 is 15.2 Å². The molecule has 26 heavy (non-hydrogen) atoms. The van der Waals surface area contributed by atoms with Crippen molar-refractivity contribution < 1.29 is 14.7 Å². The lowest BCUT2D eigenvalue weighted by Crippen LogP contribution is -2.36. The first-order valence-electron chi connectivity index (χ1n) is 8.17.